The van der Waals surface area contributed by atoms with Crippen molar-refractivity contribution in [1.82, 2.24) is 0 Å². The van der Waals surface area contributed by atoms with Crippen LogP contribution in [-0.2, 0) is 0 Å². The second-order valence-electron chi connectivity index (χ2n) is 3.99. The van der Waals surface area contributed by atoms with E-state index >= 15 is 0 Å². The maximum Gasteiger partial charge on any atom is 0.0599 e. The van der Waals surface area contributed by atoms with E-state index in [1.54, 1.807) is 19.2 Å². The predicted octanol–water partition coefficient (Wildman–Crippen LogP) is 3.40. The van der Waals surface area contributed by atoms with Crippen LogP contribution in [0.25, 0.3) is 0 Å². The molecule has 0 bridgehead atoms. The maximum atomic E-state index is 6.02. The van der Waals surface area contributed by atoms with Crippen LogP contribution in [0.15, 0.2) is 40.0 Å². The molecule has 1 fully saturated rings. The van der Waals surface area contributed by atoms with E-state index < -0.39 is 0 Å². The standard InChI is InChI=1S/C13H19ClN2/c1-4-10(13(15)11(14)5-2)12(16-3)8-9-6-7-9/h4-5,9H,1,6-8,15H2,2-3H3/b11-5+,13-10?,16-12?. The van der Waals surface area contributed by atoms with Gasteiger partial charge >= 0.3 is 0 Å². The predicted molar refractivity (Wildman–Crippen MR) is 71.7 cm³/mol. The molecule has 1 rings (SSSR count). The lowest BCUT2D eigenvalue weighted by molar-refractivity contribution is 0.892. The summed E-state index contributed by atoms with van der Waals surface area (Å²) in [5.41, 5.74) is 8.43. The average Bonchev–Trinajstić information content (AvgIpc) is 3.11. The fourth-order valence-electron chi connectivity index (χ4n) is 1.58. The Labute approximate surface area is 103 Å². The number of aliphatic imine (C=N–C) groups is 1. The Bertz CT molecular complexity index is 360. The zero-order chi connectivity index (χ0) is 12.1. The molecule has 0 saturated heterocycles. The fraction of sp³-hybridized carbons (Fsp3) is 0.462. The van der Waals surface area contributed by atoms with Gasteiger partial charge in [0, 0.05) is 18.3 Å². The van der Waals surface area contributed by atoms with Crippen molar-refractivity contribution in [3.8, 4) is 0 Å². The molecule has 1 saturated carbocycles. The average molecular weight is 239 g/mol. The lowest BCUT2D eigenvalue weighted by Gasteiger charge is -2.10. The minimum atomic E-state index is 0.562. The van der Waals surface area contributed by atoms with E-state index in [0.717, 1.165) is 23.6 Å². The molecule has 0 radical (unpaired) electrons. The first kappa shape index (κ1) is 13.0. The van der Waals surface area contributed by atoms with Crippen LogP contribution >= 0.6 is 11.6 Å². The number of hydrogen-bond acceptors (Lipinski definition) is 2. The van der Waals surface area contributed by atoms with E-state index in [0.29, 0.717) is 10.7 Å². The smallest absolute Gasteiger partial charge is 0.0599 e. The lowest BCUT2D eigenvalue weighted by Crippen LogP contribution is -2.11. The van der Waals surface area contributed by atoms with Crippen molar-refractivity contribution in [3.63, 3.8) is 0 Å². The Balaban J connectivity index is 2.97. The number of allylic oxidation sites excluding steroid dienone is 4. The summed E-state index contributed by atoms with van der Waals surface area (Å²) in [6.45, 7) is 5.65. The third kappa shape index (κ3) is 3.24. The molecule has 2 nitrogen and oxygen atoms in total. The van der Waals surface area contributed by atoms with Gasteiger partial charge in [-0.05, 0) is 32.1 Å². The first-order valence-electron chi connectivity index (χ1n) is 5.54. The summed E-state index contributed by atoms with van der Waals surface area (Å²) in [5.74, 6) is 0.769. The van der Waals surface area contributed by atoms with Gasteiger partial charge in [-0.1, -0.05) is 30.3 Å². The Morgan fingerprint density at radius 2 is 2.19 bits per heavy atom. The largest absolute Gasteiger partial charge is 0.397 e. The molecule has 16 heavy (non-hydrogen) atoms. The number of hydrogen-bond donors (Lipinski definition) is 1. The van der Waals surface area contributed by atoms with Crippen LogP contribution in [0.4, 0.5) is 0 Å². The van der Waals surface area contributed by atoms with Gasteiger partial charge in [-0.25, -0.2) is 0 Å². The zero-order valence-corrected chi connectivity index (χ0v) is 10.7. The molecule has 2 N–H and O–H groups in total. The van der Waals surface area contributed by atoms with Gasteiger partial charge in [0.25, 0.3) is 0 Å². The van der Waals surface area contributed by atoms with Crippen molar-refractivity contribution >= 4 is 17.3 Å². The summed E-state index contributed by atoms with van der Waals surface area (Å²) in [5, 5.41) is 0.562. The monoisotopic (exact) mass is 238 g/mol. The summed E-state index contributed by atoms with van der Waals surface area (Å²) in [6, 6.07) is 0. The summed E-state index contributed by atoms with van der Waals surface area (Å²) in [7, 11) is 1.79. The van der Waals surface area contributed by atoms with Crippen LogP contribution in [0.2, 0.25) is 0 Å². The summed E-state index contributed by atoms with van der Waals surface area (Å²) in [6.07, 6.45) is 7.09. The molecule has 0 heterocycles. The molecule has 88 valence electrons. The molecule has 0 atom stereocenters. The van der Waals surface area contributed by atoms with Crippen molar-refractivity contribution < 1.29 is 0 Å². The molecule has 0 aliphatic heterocycles. The van der Waals surface area contributed by atoms with E-state index in [4.69, 9.17) is 17.3 Å². The van der Waals surface area contributed by atoms with Gasteiger partial charge in [0.05, 0.1) is 10.7 Å². The highest BCUT2D eigenvalue weighted by molar-refractivity contribution is 6.32. The fourth-order valence-corrected chi connectivity index (χ4v) is 1.69. The minimum absolute atomic E-state index is 0.562. The van der Waals surface area contributed by atoms with Crippen LogP contribution in [0, 0.1) is 5.92 Å². The Morgan fingerprint density at radius 3 is 2.56 bits per heavy atom. The number of rotatable bonds is 5. The first-order valence-corrected chi connectivity index (χ1v) is 5.92. The topological polar surface area (TPSA) is 38.4 Å². The van der Waals surface area contributed by atoms with Crippen LogP contribution in [0.5, 0.6) is 0 Å². The zero-order valence-electron chi connectivity index (χ0n) is 9.96. The van der Waals surface area contributed by atoms with E-state index in [-0.39, 0.29) is 0 Å². The van der Waals surface area contributed by atoms with Crippen molar-refractivity contribution in [2.75, 3.05) is 7.05 Å². The van der Waals surface area contributed by atoms with Crippen molar-refractivity contribution in [1.29, 1.82) is 0 Å². The van der Waals surface area contributed by atoms with Crippen LogP contribution in [0.1, 0.15) is 26.2 Å². The van der Waals surface area contributed by atoms with E-state index in [9.17, 15) is 0 Å². The summed E-state index contributed by atoms with van der Waals surface area (Å²) in [4.78, 5) is 4.30. The van der Waals surface area contributed by atoms with Crippen LogP contribution in [0.3, 0.4) is 0 Å². The summed E-state index contributed by atoms with van der Waals surface area (Å²) < 4.78 is 0. The normalized spacial score (nSPS) is 19.4. The summed E-state index contributed by atoms with van der Waals surface area (Å²) >= 11 is 6.02. The van der Waals surface area contributed by atoms with Crippen molar-refractivity contribution in [2.24, 2.45) is 16.6 Å². The molecular weight excluding hydrogens is 220 g/mol. The van der Waals surface area contributed by atoms with Crippen LogP contribution in [-0.4, -0.2) is 12.8 Å². The third-order valence-electron chi connectivity index (χ3n) is 2.76. The van der Waals surface area contributed by atoms with Crippen LogP contribution < -0.4 is 5.73 Å². The third-order valence-corrected chi connectivity index (χ3v) is 3.19. The van der Waals surface area contributed by atoms with Gasteiger partial charge < -0.3 is 5.73 Å². The van der Waals surface area contributed by atoms with Gasteiger partial charge in [-0.3, -0.25) is 4.99 Å². The molecule has 1 aliphatic rings. The Hall–Kier alpha value is -1.02. The molecule has 1 aliphatic carbocycles. The number of nitrogens with zero attached hydrogens (tertiary/aromatic N) is 1. The SMILES string of the molecule is C=CC(C(CC1CC1)=NC)=C(N)/C(Cl)=C\C. The molecule has 0 aromatic carbocycles. The van der Waals surface area contributed by atoms with Crippen molar-refractivity contribution in [3.05, 3.63) is 35.0 Å². The molecular formula is C13H19ClN2. The van der Waals surface area contributed by atoms with Gasteiger partial charge in [0.2, 0.25) is 0 Å². The highest BCUT2D eigenvalue weighted by Gasteiger charge is 2.24. The van der Waals surface area contributed by atoms with E-state index in [1.165, 1.54) is 12.8 Å². The van der Waals surface area contributed by atoms with E-state index in [1.807, 2.05) is 6.92 Å². The Morgan fingerprint density at radius 1 is 1.56 bits per heavy atom. The highest BCUT2D eigenvalue weighted by atomic mass is 35.5. The van der Waals surface area contributed by atoms with E-state index in [2.05, 4.69) is 11.6 Å². The molecule has 3 heteroatoms. The Kier molecular flexibility index (Phi) is 4.81. The van der Waals surface area contributed by atoms with Gasteiger partial charge in [-0.15, -0.1) is 0 Å². The maximum absolute atomic E-state index is 6.02. The minimum Gasteiger partial charge on any atom is -0.397 e. The molecule has 0 aromatic rings. The van der Waals surface area contributed by atoms with Gasteiger partial charge in [0.15, 0.2) is 0 Å². The van der Waals surface area contributed by atoms with Crippen molar-refractivity contribution in [2.45, 2.75) is 26.2 Å². The number of nitrogens with two attached hydrogens (primary N) is 1. The first-order chi connectivity index (χ1) is 7.63. The van der Waals surface area contributed by atoms with Gasteiger partial charge in [-0.2, -0.15) is 0 Å². The second kappa shape index (κ2) is 5.90. The molecule has 0 spiro atoms. The highest BCUT2D eigenvalue weighted by Crippen LogP contribution is 2.34. The molecule has 0 unspecified atom stereocenters. The lowest BCUT2D eigenvalue weighted by atomic mass is 10.0. The molecule has 0 amide bonds. The molecule has 0 aromatic heterocycles. The van der Waals surface area contributed by atoms with Gasteiger partial charge in [0.1, 0.15) is 0 Å². The second-order valence-corrected chi connectivity index (χ2v) is 4.39. The quantitative estimate of drug-likeness (QED) is 0.579. The number of halogens is 1.